The van der Waals surface area contributed by atoms with E-state index in [0.717, 1.165) is 26.9 Å². The normalized spacial score (nSPS) is 15.6. The highest BCUT2D eigenvalue weighted by atomic mass is 79.9. The number of Topliss-reactive ketones (excluding diaryl/α,β-unsaturated/α-hetero) is 1. The molecule has 2 heterocycles. The Morgan fingerprint density at radius 3 is 2.54 bits per heavy atom. The first-order chi connectivity index (χ1) is 12.4. The fourth-order valence-corrected chi connectivity index (χ4v) is 4.27. The first-order valence-corrected chi connectivity index (χ1v) is 9.76. The van der Waals surface area contributed by atoms with Crippen molar-refractivity contribution < 1.29 is 18.4 Å². The van der Waals surface area contributed by atoms with Crippen LogP contribution in [0.1, 0.15) is 28.1 Å². The zero-order valence-corrected chi connectivity index (χ0v) is 16.2. The number of halogens is 3. The minimum atomic E-state index is -0.708. The van der Waals surface area contributed by atoms with Gasteiger partial charge in [-0.15, -0.1) is 11.3 Å². The van der Waals surface area contributed by atoms with Gasteiger partial charge < -0.3 is 4.90 Å². The maximum Gasteiger partial charge on any atom is 0.246 e. The maximum atomic E-state index is 13.8. The molecule has 0 bridgehead atoms. The molecule has 0 spiro atoms. The number of carbonyl (C=O) groups is 2. The summed E-state index contributed by atoms with van der Waals surface area (Å²) in [6.45, 7) is 0.843. The molecule has 0 radical (unpaired) electrons. The summed E-state index contributed by atoms with van der Waals surface area (Å²) in [6.07, 6.45) is 4.17. The van der Waals surface area contributed by atoms with Crippen LogP contribution in [0.4, 0.5) is 8.78 Å². The number of thiophene rings is 1. The summed E-state index contributed by atoms with van der Waals surface area (Å²) in [5, 5.41) is 0. The SMILES string of the molecule is O=C(c1cc(F)ccc1F)C1CCN(C(=O)C=Cc2ccc(Br)s2)CC1. The highest BCUT2D eigenvalue weighted by Gasteiger charge is 2.28. The third-order valence-corrected chi connectivity index (χ3v) is 5.94. The van der Waals surface area contributed by atoms with Crippen LogP contribution in [-0.4, -0.2) is 29.7 Å². The molecule has 7 heteroatoms. The number of ketones is 1. The van der Waals surface area contributed by atoms with Crippen molar-refractivity contribution in [3.63, 3.8) is 0 Å². The molecule has 1 aromatic heterocycles. The van der Waals surface area contributed by atoms with E-state index in [9.17, 15) is 18.4 Å². The van der Waals surface area contributed by atoms with Crippen molar-refractivity contribution in [3.05, 3.63) is 62.3 Å². The van der Waals surface area contributed by atoms with Gasteiger partial charge in [-0.05, 0) is 65.2 Å². The molecule has 2 aromatic rings. The summed E-state index contributed by atoms with van der Waals surface area (Å²) in [5.74, 6) is -2.24. The summed E-state index contributed by atoms with van der Waals surface area (Å²) in [4.78, 5) is 27.3. The molecule has 0 unspecified atom stereocenters. The van der Waals surface area contributed by atoms with Gasteiger partial charge in [0.1, 0.15) is 11.6 Å². The molecule has 1 saturated heterocycles. The fraction of sp³-hybridized carbons (Fsp3) is 0.263. The number of benzene rings is 1. The largest absolute Gasteiger partial charge is 0.339 e. The lowest BCUT2D eigenvalue weighted by Gasteiger charge is -2.30. The van der Waals surface area contributed by atoms with E-state index in [4.69, 9.17) is 0 Å². The van der Waals surface area contributed by atoms with Crippen LogP contribution in [0.25, 0.3) is 6.08 Å². The van der Waals surface area contributed by atoms with Crippen LogP contribution < -0.4 is 0 Å². The molecular formula is C19H16BrF2NO2S. The number of hydrogen-bond acceptors (Lipinski definition) is 3. The number of carbonyl (C=O) groups excluding carboxylic acids is 2. The number of amides is 1. The minimum absolute atomic E-state index is 0.114. The lowest BCUT2D eigenvalue weighted by molar-refractivity contribution is -0.127. The standard InChI is InChI=1S/C19H16BrF2NO2S/c20-17-5-2-14(26-17)3-6-18(24)23-9-7-12(8-10-23)19(25)15-11-13(21)1-4-16(15)22/h1-6,11-12H,7-10H2. The number of likely N-dealkylation sites (tertiary alicyclic amines) is 1. The van der Waals surface area contributed by atoms with Gasteiger partial charge in [0.15, 0.2) is 5.78 Å². The van der Waals surface area contributed by atoms with E-state index in [1.165, 1.54) is 17.4 Å². The minimum Gasteiger partial charge on any atom is -0.339 e. The fourth-order valence-electron chi connectivity index (χ4n) is 2.94. The van der Waals surface area contributed by atoms with Crippen LogP contribution in [0.3, 0.4) is 0 Å². The number of piperidine rings is 1. The van der Waals surface area contributed by atoms with Crippen molar-refractivity contribution in [2.45, 2.75) is 12.8 Å². The Hall–Kier alpha value is -1.86. The Balaban J connectivity index is 1.58. The topological polar surface area (TPSA) is 37.4 Å². The first kappa shape index (κ1) is 18.9. The van der Waals surface area contributed by atoms with Gasteiger partial charge in [-0.3, -0.25) is 9.59 Å². The molecular weight excluding hydrogens is 424 g/mol. The van der Waals surface area contributed by atoms with E-state index in [1.54, 1.807) is 11.0 Å². The number of hydrogen-bond donors (Lipinski definition) is 0. The second kappa shape index (κ2) is 8.22. The third-order valence-electron chi connectivity index (χ3n) is 4.36. The van der Waals surface area contributed by atoms with Crippen LogP contribution in [0.5, 0.6) is 0 Å². The van der Waals surface area contributed by atoms with Gasteiger partial charge in [-0.25, -0.2) is 8.78 Å². The molecule has 3 nitrogen and oxygen atoms in total. The molecule has 3 rings (SSSR count). The molecule has 1 fully saturated rings. The Bertz CT molecular complexity index is 857. The molecule has 136 valence electrons. The van der Waals surface area contributed by atoms with E-state index >= 15 is 0 Å². The van der Waals surface area contributed by atoms with Crippen LogP contribution in [-0.2, 0) is 4.79 Å². The average molecular weight is 440 g/mol. The van der Waals surface area contributed by atoms with Crippen molar-refractivity contribution in [2.75, 3.05) is 13.1 Å². The van der Waals surface area contributed by atoms with Crippen molar-refractivity contribution >= 4 is 45.0 Å². The quantitative estimate of drug-likeness (QED) is 0.500. The smallest absolute Gasteiger partial charge is 0.246 e. The second-order valence-corrected chi connectivity index (χ2v) is 8.56. The third kappa shape index (κ3) is 4.45. The van der Waals surface area contributed by atoms with Crippen LogP contribution in [0.2, 0.25) is 0 Å². The van der Waals surface area contributed by atoms with Crippen LogP contribution in [0, 0.1) is 17.6 Å². The lowest BCUT2D eigenvalue weighted by Crippen LogP contribution is -2.39. The molecule has 1 aliphatic heterocycles. The molecule has 0 saturated carbocycles. The lowest BCUT2D eigenvalue weighted by atomic mass is 9.88. The summed E-state index contributed by atoms with van der Waals surface area (Å²) in [6, 6.07) is 6.73. The molecule has 1 aliphatic rings. The number of rotatable bonds is 4. The average Bonchev–Trinajstić information content (AvgIpc) is 3.06. The maximum absolute atomic E-state index is 13.8. The van der Waals surface area contributed by atoms with Crippen LogP contribution >= 0.6 is 27.3 Å². The molecule has 1 aromatic carbocycles. The monoisotopic (exact) mass is 439 g/mol. The van der Waals surface area contributed by atoms with Crippen molar-refractivity contribution in [2.24, 2.45) is 5.92 Å². The van der Waals surface area contributed by atoms with Crippen LogP contribution in [0.15, 0.2) is 40.2 Å². The van der Waals surface area contributed by atoms with Gasteiger partial charge in [-0.2, -0.15) is 0 Å². The first-order valence-electron chi connectivity index (χ1n) is 8.15. The van der Waals surface area contributed by atoms with E-state index in [0.29, 0.717) is 25.9 Å². The van der Waals surface area contributed by atoms with E-state index < -0.39 is 23.3 Å². The summed E-state index contributed by atoms with van der Waals surface area (Å²) < 4.78 is 28.1. The second-order valence-electron chi connectivity index (χ2n) is 6.06. The predicted molar refractivity (Wildman–Crippen MR) is 101 cm³/mol. The van der Waals surface area contributed by atoms with E-state index in [1.807, 2.05) is 12.1 Å². The Kier molecular flexibility index (Phi) is 5.98. The zero-order valence-electron chi connectivity index (χ0n) is 13.8. The van der Waals surface area contributed by atoms with E-state index in [-0.39, 0.29) is 11.5 Å². The Morgan fingerprint density at radius 1 is 1.15 bits per heavy atom. The highest BCUT2D eigenvalue weighted by Crippen LogP contribution is 2.25. The van der Waals surface area contributed by atoms with Gasteiger partial charge in [0.2, 0.25) is 5.91 Å². The van der Waals surface area contributed by atoms with Gasteiger partial charge in [0, 0.05) is 30.0 Å². The van der Waals surface area contributed by atoms with Gasteiger partial charge in [-0.1, -0.05) is 0 Å². The predicted octanol–water partition coefficient (Wildman–Crippen LogP) is 4.92. The van der Waals surface area contributed by atoms with Gasteiger partial charge >= 0.3 is 0 Å². The molecule has 0 N–H and O–H groups in total. The van der Waals surface area contributed by atoms with Crippen molar-refractivity contribution in [1.82, 2.24) is 4.90 Å². The molecule has 1 amide bonds. The Morgan fingerprint density at radius 2 is 1.88 bits per heavy atom. The molecule has 0 atom stereocenters. The summed E-state index contributed by atoms with van der Waals surface area (Å²) in [7, 11) is 0. The Labute approximate surface area is 162 Å². The van der Waals surface area contributed by atoms with Gasteiger partial charge in [0.25, 0.3) is 0 Å². The highest BCUT2D eigenvalue weighted by molar-refractivity contribution is 9.11. The molecule has 26 heavy (non-hydrogen) atoms. The van der Waals surface area contributed by atoms with Crippen molar-refractivity contribution in [3.8, 4) is 0 Å². The van der Waals surface area contributed by atoms with Crippen molar-refractivity contribution in [1.29, 1.82) is 0 Å². The summed E-state index contributed by atoms with van der Waals surface area (Å²) in [5.41, 5.74) is -0.210. The molecule has 0 aliphatic carbocycles. The summed E-state index contributed by atoms with van der Waals surface area (Å²) >= 11 is 4.90. The van der Waals surface area contributed by atoms with Gasteiger partial charge in [0.05, 0.1) is 9.35 Å². The zero-order chi connectivity index (χ0) is 18.7. The number of nitrogens with zero attached hydrogens (tertiary/aromatic N) is 1. The van der Waals surface area contributed by atoms with E-state index in [2.05, 4.69) is 15.9 Å².